The van der Waals surface area contributed by atoms with E-state index >= 15 is 0 Å². The molecule has 0 spiro atoms. The molecule has 0 aromatic rings. The molecule has 1 heterocycles. The van der Waals surface area contributed by atoms with E-state index in [1.807, 2.05) is 0 Å². The summed E-state index contributed by atoms with van der Waals surface area (Å²) in [7, 11) is 0. The number of thioether (sulfide) groups is 1. The molecule has 1 unspecified atom stereocenters. The van der Waals surface area contributed by atoms with Gasteiger partial charge in [0, 0.05) is 0 Å². The normalized spacial score (nSPS) is 41.8. The first-order valence-corrected chi connectivity index (χ1v) is 6.76. The van der Waals surface area contributed by atoms with Gasteiger partial charge in [0.1, 0.15) is 0 Å². The number of nitrogens with one attached hydrogen (secondary N) is 1. The molecule has 1 atom stereocenters. The third-order valence-corrected chi connectivity index (χ3v) is 4.89. The molecular weight excluding hydrogens is 178 g/mol. The molecule has 0 bridgehead atoms. The summed E-state index contributed by atoms with van der Waals surface area (Å²) < 4.78 is 0. The number of hydrogen-bond acceptors (Lipinski definition) is 2. The average Bonchev–Trinajstić information content (AvgIpc) is 2.20. The molecular formula is C11H21NS. The van der Waals surface area contributed by atoms with Gasteiger partial charge >= 0.3 is 0 Å². The molecule has 1 aliphatic carbocycles. The van der Waals surface area contributed by atoms with E-state index in [-0.39, 0.29) is 0 Å². The second kappa shape index (κ2) is 4.70. The summed E-state index contributed by atoms with van der Waals surface area (Å²) >= 11 is 2.16. The van der Waals surface area contributed by atoms with Crippen molar-refractivity contribution in [3.8, 4) is 0 Å². The lowest BCUT2D eigenvalue weighted by atomic mass is 9.83. The summed E-state index contributed by atoms with van der Waals surface area (Å²) in [5.74, 6) is 3.34. The monoisotopic (exact) mass is 199 g/mol. The minimum Gasteiger partial charge on any atom is -0.305 e. The molecule has 2 rings (SSSR count). The van der Waals surface area contributed by atoms with Crippen molar-refractivity contribution in [1.29, 1.82) is 0 Å². The fourth-order valence-electron chi connectivity index (χ4n) is 2.48. The topological polar surface area (TPSA) is 12.0 Å². The van der Waals surface area contributed by atoms with Crippen LogP contribution in [0.3, 0.4) is 0 Å². The van der Waals surface area contributed by atoms with E-state index in [9.17, 15) is 0 Å². The van der Waals surface area contributed by atoms with Crippen LogP contribution in [-0.2, 0) is 0 Å². The molecule has 76 valence electrons. The molecule has 2 heteroatoms. The lowest BCUT2D eigenvalue weighted by Gasteiger charge is -2.35. The van der Waals surface area contributed by atoms with Gasteiger partial charge in [0.2, 0.25) is 0 Å². The maximum absolute atomic E-state index is 3.67. The third-order valence-electron chi connectivity index (χ3n) is 3.45. The van der Waals surface area contributed by atoms with Crippen LogP contribution >= 0.6 is 11.8 Å². The van der Waals surface area contributed by atoms with Crippen molar-refractivity contribution in [3.63, 3.8) is 0 Å². The zero-order valence-electron chi connectivity index (χ0n) is 8.59. The van der Waals surface area contributed by atoms with Crippen LogP contribution in [0.2, 0.25) is 0 Å². The Morgan fingerprint density at radius 3 is 2.54 bits per heavy atom. The van der Waals surface area contributed by atoms with Crippen molar-refractivity contribution < 1.29 is 0 Å². The van der Waals surface area contributed by atoms with Gasteiger partial charge in [-0.15, -0.1) is 11.8 Å². The first kappa shape index (κ1) is 9.85. The fraction of sp³-hybridized carbons (Fsp3) is 1.00. The molecule has 1 nitrogen and oxygen atoms in total. The summed E-state index contributed by atoms with van der Waals surface area (Å²) in [6.07, 6.45) is 7.22. The van der Waals surface area contributed by atoms with Gasteiger partial charge in [-0.1, -0.05) is 19.8 Å². The highest BCUT2D eigenvalue weighted by atomic mass is 32.2. The zero-order chi connectivity index (χ0) is 9.10. The van der Waals surface area contributed by atoms with Gasteiger partial charge in [0.25, 0.3) is 0 Å². The molecule has 1 saturated carbocycles. The van der Waals surface area contributed by atoms with Crippen LogP contribution in [0.25, 0.3) is 0 Å². The van der Waals surface area contributed by atoms with Crippen molar-refractivity contribution in [3.05, 3.63) is 0 Å². The molecule has 2 aliphatic rings. The SMILES string of the molecule is CC1CCC(C2NCCCS2)CC1. The van der Waals surface area contributed by atoms with Gasteiger partial charge in [-0.05, 0) is 43.4 Å². The molecule has 0 radical (unpaired) electrons. The van der Waals surface area contributed by atoms with E-state index in [1.54, 1.807) is 0 Å². The van der Waals surface area contributed by atoms with Crippen molar-refractivity contribution >= 4 is 11.8 Å². The Morgan fingerprint density at radius 2 is 1.92 bits per heavy atom. The zero-order valence-corrected chi connectivity index (χ0v) is 9.41. The van der Waals surface area contributed by atoms with Crippen LogP contribution in [-0.4, -0.2) is 17.7 Å². The summed E-state index contributed by atoms with van der Waals surface area (Å²) in [5.41, 5.74) is 0. The van der Waals surface area contributed by atoms with Crippen LogP contribution in [0.4, 0.5) is 0 Å². The van der Waals surface area contributed by atoms with E-state index in [0.717, 1.165) is 17.2 Å². The number of rotatable bonds is 1. The van der Waals surface area contributed by atoms with Crippen LogP contribution in [0.1, 0.15) is 39.0 Å². The highest BCUT2D eigenvalue weighted by Gasteiger charge is 2.27. The smallest absolute Gasteiger partial charge is 0.0560 e. The quantitative estimate of drug-likeness (QED) is 0.697. The molecule has 1 aliphatic heterocycles. The van der Waals surface area contributed by atoms with Crippen molar-refractivity contribution in [2.75, 3.05) is 12.3 Å². The Morgan fingerprint density at radius 1 is 1.15 bits per heavy atom. The standard InChI is InChI=1S/C11H21NS/c1-9-3-5-10(6-4-9)11-12-7-2-8-13-11/h9-12H,2-8H2,1H3. The van der Waals surface area contributed by atoms with Gasteiger partial charge in [-0.3, -0.25) is 0 Å². The highest BCUT2D eigenvalue weighted by molar-refractivity contribution is 7.99. The first-order chi connectivity index (χ1) is 6.36. The largest absolute Gasteiger partial charge is 0.305 e. The lowest BCUT2D eigenvalue weighted by Crippen LogP contribution is -2.39. The van der Waals surface area contributed by atoms with E-state index in [2.05, 4.69) is 24.0 Å². The molecule has 0 amide bonds. The molecule has 0 aromatic carbocycles. The second-order valence-electron chi connectivity index (χ2n) is 4.62. The van der Waals surface area contributed by atoms with Crippen molar-refractivity contribution in [2.45, 2.75) is 44.4 Å². The molecule has 1 saturated heterocycles. The Kier molecular flexibility index (Phi) is 3.56. The summed E-state index contributed by atoms with van der Waals surface area (Å²) in [4.78, 5) is 0. The predicted molar refractivity (Wildman–Crippen MR) is 60.0 cm³/mol. The van der Waals surface area contributed by atoms with Crippen LogP contribution in [0.5, 0.6) is 0 Å². The molecule has 2 fully saturated rings. The van der Waals surface area contributed by atoms with Gasteiger partial charge in [0.15, 0.2) is 0 Å². The van der Waals surface area contributed by atoms with Crippen LogP contribution in [0, 0.1) is 11.8 Å². The Hall–Kier alpha value is 0.310. The summed E-state index contributed by atoms with van der Waals surface area (Å²) in [5, 5.41) is 4.46. The average molecular weight is 199 g/mol. The second-order valence-corrected chi connectivity index (χ2v) is 5.87. The van der Waals surface area contributed by atoms with E-state index in [1.165, 1.54) is 44.4 Å². The minimum absolute atomic E-state index is 0.793. The van der Waals surface area contributed by atoms with Gasteiger partial charge in [0.05, 0.1) is 5.37 Å². The van der Waals surface area contributed by atoms with Crippen molar-refractivity contribution in [1.82, 2.24) is 5.32 Å². The van der Waals surface area contributed by atoms with Crippen LogP contribution < -0.4 is 5.32 Å². The Bertz CT molecular complexity index is 146. The third kappa shape index (κ3) is 2.63. The number of hydrogen-bond donors (Lipinski definition) is 1. The van der Waals surface area contributed by atoms with E-state index < -0.39 is 0 Å². The van der Waals surface area contributed by atoms with Crippen LogP contribution in [0.15, 0.2) is 0 Å². The first-order valence-electron chi connectivity index (χ1n) is 5.71. The highest BCUT2D eigenvalue weighted by Crippen LogP contribution is 2.35. The van der Waals surface area contributed by atoms with Gasteiger partial charge in [-0.2, -0.15) is 0 Å². The minimum atomic E-state index is 0.793. The van der Waals surface area contributed by atoms with Gasteiger partial charge in [-0.25, -0.2) is 0 Å². The Labute approximate surface area is 86.0 Å². The maximum atomic E-state index is 3.67. The Balaban J connectivity index is 1.79. The lowest BCUT2D eigenvalue weighted by molar-refractivity contribution is 0.267. The van der Waals surface area contributed by atoms with E-state index in [4.69, 9.17) is 0 Å². The predicted octanol–water partition coefficient (Wildman–Crippen LogP) is 2.87. The molecule has 1 N–H and O–H groups in total. The molecule has 13 heavy (non-hydrogen) atoms. The molecule has 0 aromatic heterocycles. The van der Waals surface area contributed by atoms with E-state index in [0.29, 0.717) is 0 Å². The van der Waals surface area contributed by atoms with Crippen molar-refractivity contribution in [2.24, 2.45) is 11.8 Å². The summed E-state index contributed by atoms with van der Waals surface area (Å²) in [6.45, 7) is 3.65. The fourth-order valence-corrected chi connectivity index (χ4v) is 3.82. The summed E-state index contributed by atoms with van der Waals surface area (Å²) in [6, 6.07) is 0. The van der Waals surface area contributed by atoms with Gasteiger partial charge < -0.3 is 5.32 Å². The maximum Gasteiger partial charge on any atom is 0.0560 e.